The molecule has 2 N–H and O–H groups in total. The predicted molar refractivity (Wildman–Crippen MR) is 131 cm³/mol. The molecule has 6 nitrogen and oxygen atoms in total. The molecular weight excluding hydrogens is 494 g/mol. The Morgan fingerprint density at radius 1 is 1.06 bits per heavy atom. The zero-order valence-electron chi connectivity index (χ0n) is 17.5. The van der Waals surface area contributed by atoms with E-state index in [9.17, 15) is 9.59 Å². The van der Waals surface area contributed by atoms with Crippen LogP contribution in [0.15, 0.2) is 70.2 Å². The summed E-state index contributed by atoms with van der Waals surface area (Å²) in [4.78, 5) is 24.4. The smallest absolute Gasteiger partial charge is 0.271 e. The van der Waals surface area contributed by atoms with Crippen molar-refractivity contribution >= 4 is 51.2 Å². The fourth-order valence-corrected chi connectivity index (χ4v) is 3.34. The molecule has 164 valence electrons. The van der Waals surface area contributed by atoms with Crippen LogP contribution in [0.4, 0.5) is 5.69 Å². The first-order valence-electron chi connectivity index (χ1n) is 9.71. The number of carbonyl (C=O) groups excluding carboxylic acids is 2. The van der Waals surface area contributed by atoms with Gasteiger partial charge in [0.25, 0.3) is 11.8 Å². The van der Waals surface area contributed by atoms with Crippen molar-refractivity contribution in [2.24, 2.45) is 5.10 Å². The van der Waals surface area contributed by atoms with Crippen LogP contribution in [-0.2, 0) is 4.79 Å². The highest BCUT2D eigenvalue weighted by Crippen LogP contribution is 2.25. The van der Waals surface area contributed by atoms with Gasteiger partial charge in [0.1, 0.15) is 5.75 Å². The Bertz CT molecular complexity index is 1140. The number of nitrogens with one attached hydrogen (secondary N) is 2. The van der Waals surface area contributed by atoms with Gasteiger partial charge in [0.05, 0.1) is 6.21 Å². The molecular formula is C24H21BrClN3O3. The van der Waals surface area contributed by atoms with E-state index in [0.29, 0.717) is 22.0 Å². The average molecular weight is 515 g/mol. The molecule has 32 heavy (non-hydrogen) atoms. The van der Waals surface area contributed by atoms with Gasteiger partial charge < -0.3 is 10.1 Å². The highest BCUT2D eigenvalue weighted by atomic mass is 79.9. The van der Waals surface area contributed by atoms with Gasteiger partial charge in [0.15, 0.2) is 6.61 Å². The zero-order valence-corrected chi connectivity index (χ0v) is 19.8. The second kappa shape index (κ2) is 10.9. The number of aryl methyl sites for hydroxylation is 2. The molecule has 0 atom stereocenters. The quantitative estimate of drug-likeness (QED) is 0.323. The Morgan fingerprint density at radius 3 is 2.38 bits per heavy atom. The van der Waals surface area contributed by atoms with E-state index in [1.807, 2.05) is 38.1 Å². The first-order chi connectivity index (χ1) is 15.3. The van der Waals surface area contributed by atoms with Crippen LogP contribution in [0, 0.1) is 13.8 Å². The highest BCUT2D eigenvalue weighted by Gasteiger charge is 2.09. The van der Waals surface area contributed by atoms with E-state index in [1.165, 1.54) is 0 Å². The van der Waals surface area contributed by atoms with Crippen molar-refractivity contribution in [2.75, 3.05) is 11.9 Å². The van der Waals surface area contributed by atoms with Crippen molar-refractivity contribution in [3.05, 3.63) is 92.4 Å². The number of benzene rings is 3. The summed E-state index contributed by atoms with van der Waals surface area (Å²) < 4.78 is 6.43. The summed E-state index contributed by atoms with van der Waals surface area (Å²) in [6.45, 7) is 3.62. The lowest BCUT2D eigenvalue weighted by atomic mass is 10.1. The predicted octanol–water partition coefficient (Wildman–Crippen LogP) is 5.50. The molecule has 0 heterocycles. The molecule has 0 aliphatic carbocycles. The molecule has 0 spiro atoms. The van der Waals surface area contributed by atoms with Crippen LogP contribution >= 0.6 is 27.5 Å². The Hall–Kier alpha value is -3.16. The third-order valence-corrected chi connectivity index (χ3v) is 5.80. The molecule has 3 aromatic carbocycles. The summed E-state index contributed by atoms with van der Waals surface area (Å²) in [5, 5.41) is 7.39. The van der Waals surface area contributed by atoms with Gasteiger partial charge in [-0.3, -0.25) is 9.59 Å². The molecule has 0 radical (unpaired) electrons. The Morgan fingerprint density at radius 2 is 1.72 bits per heavy atom. The maximum atomic E-state index is 12.2. The van der Waals surface area contributed by atoms with Crippen LogP contribution in [0.25, 0.3) is 0 Å². The van der Waals surface area contributed by atoms with E-state index >= 15 is 0 Å². The van der Waals surface area contributed by atoms with E-state index in [-0.39, 0.29) is 18.4 Å². The van der Waals surface area contributed by atoms with Crippen LogP contribution in [0.1, 0.15) is 27.0 Å². The Kier molecular flexibility index (Phi) is 8.03. The van der Waals surface area contributed by atoms with Crippen molar-refractivity contribution in [2.45, 2.75) is 13.8 Å². The monoisotopic (exact) mass is 513 g/mol. The lowest BCUT2D eigenvalue weighted by Crippen LogP contribution is -2.20. The van der Waals surface area contributed by atoms with Gasteiger partial charge in [-0.05, 0) is 67.4 Å². The molecule has 0 saturated heterocycles. The normalized spacial score (nSPS) is 10.8. The second-order valence-electron chi connectivity index (χ2n) is 7.01. The van der Waals surface area contributed by atoms with Gasteiger partial charge in [0.2, 0.25) is 0 Å². The fourth-order valence-electron chi connectivity index (χ4n) is 2.85. The van der Waals surface area contributed by atoms with Crippen LogP contribution in [0.5, 0.6) is 5.75 Å². The van der Waals surface area contributed by atoms with E-state index in [1.54, 1.807) is 42.6 Å². The van der Waals surface area contributed by atoms with E-state index in [0.717, 1.165) is 21.2 Å². The summed E-state index contributed by atoms with van der Waals surface area (Å²) in [6.07, 6.45) is 1.56. The minimum atomic E-state index is -0.358. The van der Waals surface area contributed by atoms with Crippen LogP contribution in [0.2, 0.25) is 5.02 Å². The summed E-state index contributed by atoms with van der Waals surface area (Å²) >= 11 is 9.56. The van der Waals surface area contributed by atoms with Gasteiger partial charge in [0, 0.05) is 26.3 Å². The topological polar surface area (TPSA) is 79.8 Å². The molecule has 0 aliphatic heterocycles. The van der Waals surface area contributed by atoms with Crippen molar-refractivity contribution < 1.29 is 14.3 Å². The van der Waals surface area contributed by atoms with Gasteiger partial charge >= 0.3 is 0 Å². The standard InChI is InChI=1S/C24H21BrClN3O3/c1-15-11-20(12-16(2)23(15)26)32-14-22(30)28-19-9-7-17(8-10-19)24(31)29-27-13-18-5-3-4-6-21(18)25/h3-13H,14H2,1-2H3,(H,28,30)(H,29,31)/b27-13+. The molecule has 3 aromatic rings. The largest absolute Gasteiger partial charge is 0.484 e. The SMILES string of the molecule is Cc1cc(OCC(=O)Nc2ccc(C(=O)N/N=C/c3ccccc3Br)cc2)cc(C)c1Cl. The lowest BCUT2D eigenvalue weighted by Gasteiger charge is -2.10. The Labute approximate surface area is 199 Å². The number of hydrogen-bond donors (Lipinski definition) is 2. The summed E-state index contributed by atoms with van der Waals surface area (Å²) in [6, 6.07) is 17.6. The van der Waals surface area contributed by atoms with Gasteiger partial charge in [-0.2, -0.15) is 5.10 Å². The number of hydrazone groups is 1. The van der Waals surface area contributed by atoms with Crippen molar-refractivity contribution in [1.29, 1.82) is 0 Å². The number of amides is 2. The number of halogens is 2. The molecule has 8 heteroatoms. The molecule has 2 amide bonds. The lowest BCUT2D eigenvalue weighted by molar-refractivity contribution is -0.118. The van der Waals surface area contributed by atoms with E-state index in [2.05, 4.69) is 31.8 Å². The van der Waals surface area contributed by atoms with Gasteiger partial charge in [-0.25, -0.2) is 5.43 Å². The number of rotatable bonds is 7. The van der Waals surface area contributed by atoms with Gasteiger partial charge in [-0.1, -0.05) is 45.7 Å². The summed E-state index contributed by atoms with van der Waals surface area (Å²) in [7, 11) is 0. The molecule has 0 fully saturated rings. The Balaban J connectivity index is 1.51. The number of hydrogen-bond acceptors (Lipinski definition) is 4. The third-order valence-electron chi connectivity index (χ3n) is 4.49. The van der Waals surface area contributed by atoms with Crippen LogP contribution < -0.4 is 15.5 Å². The summed E-state index contributed by atoms with van der Waals surface area (Å²) in [5.41, 5.74) is 6.06. The molecule has 0 saturated carbocycles. The van der Waals surface area contributed by atoms with Gasteiger partial charge in [-0.15, -0.1) is 0 Å². The third kappa shape index (κ3) is 6.42. The van der Waals surface area contributed by atoms with Crippen LogP contribution in [-0.4, -0.2) is 24.6 Å². The molecule has 0 aromatic heterocycles. The van der Waals surface area contributed by atoms with Crippen LogP contribution in [0.3, 0.4) is 0 Å². The van der Waals surface area contributed by atoms with Crippen molar-refractivity contribution in [1.82, 2.24) is 5.43 Å². The fraction of sp³-hybridized carbons (Fsp3) is 0.125. The number of ether oxygens (including phenoxy) is 1. The average Bonchev–Trinajstić information content (AvgIpc) is 2.77. The maximum absolute atomic E-state index is 12.2. The number of carbonyl (C=O) groups is 2. The minimum Gasteiger partial charge on any atom is -0.484 e. The maximum Gasteiger partial charge on any atom is 0.271 e. The molecule has 0 bridgehead atoms. The first-order valence-corrected chi connectivity index (χ1v) is 10.9. The minimum absolute atomic E-state index is 0.146. The second-order valence-corrected chi connectivity index (χ2v) is 8.24. The van der Waals surface area contributed by atoms with Crippen molar-refractivity contribution in [3.63, 3.8) is 0 Å². The van der Waals surface area contributed by atoms with E-state index in [4.69, 9.17) is 16.3 Å². The molecule has 0 unspecified atom stereocenters. The highest BCUT2D eigenvalue weighted by molar-refractivity contribution is 9.10. The number of nitrogens with zero attached hydrogens (tertiary/aromatic N) is 1. The molecule has 0 aliphatic rings. The zero-order chi connectivity index (χ0) is 23.1. The van der Waals surface area contributed by atoms with E-state index < -0.39 is 0 Å². The summed E-state index contributed by atoms with van der Waals surface area (Å²) in [5.74, 6) is -0.0943. The first kappa shape index (κ1) is 23.5. The number of anilines is 1. The molecule has 3 rings (SSSR count). The van der Waals surface area contributed by atoms with Crippen molar-refractivity contribution in [3.8, 4) is 5.75 Å².